The van der Waals surface area contributed by atoms with E-state index >= 15 is 0 Å². The Labute approximate surface area is 173 Å². The third kappa shape index (κ3) is 4.07. The summed E-state index contributed by atoms with van der Waals surface area (Å²) in [5, 5.41) is 2.35. The molecule has 0 aliphatic carbocycles. The highest BCUT2D eigenvalue weighted by atomic mass is 16.5. The number of imide groups is 1. The summed E-state index contributed by atoms with van der Waals surface area (Å²) in [6.07, 6.45) is -0.526. The second kappa shape index (κ2) is 8.60. The van der Waals surface area contributed by atoms with Gasteiger partial charge >= 0.3 is 12.0 Å². The Hall–Kier alpha value is -3.94. The average Bonchev–Trinajstić information content (AvgIpc) is 3.02. The summed E-state index contributed by atoms with van der Waals surface area (Å²) in [6.45, 7) is 3.23. The molecule has 3 amide bonds. The van der Waals surface area contributed by atoms with E-state index in [1.165, 1.54) is 31.4 Å². The smallest absolute Gasteiger partial charge is 0.344 e. The maximum absolute atomic E-state index is 13.0. The van der Waals surface area contributed by atoms with Gasteiger partial charge in [-0.1, -0.05) is 30.3 Å². The van der Waals surface area contributed by atoms with Gasteiger partial charge in [-0.2, -0.15) is 0 Å². The van der Waals surface area contributed by atoms with Crippen molar-refractivity contribution in [3.8, 4) is 5.75 Å². The summed E-state index contributed by atoms with van der Waals surface area (Å²) in [6, 6.07) is 13.4. The Morgan fingerprint density at radius 3 is 2.17 bits per heavy atom. The standard InChI is InChI=1S/C22H20N2O6/c1-13(2)30-21(27)17(19(25)14-7-5-4-6-8-14)18-20(26)24(22(28)23-18)15-9-11-16(29-3)12-10-15/h4-13H,1-3H3,(H,23,28). The van der Waals surface area contributed by atoms with Gasteiger partial charge < -0.3 is 14.8 Å². The van der Waals surface area contributed by atoms with Crippen molar-refractivity contribution >= 4 is 29.4 Å². The molecule has 1 fully saturated rings. The van der Waals surface area contributed by atoms with Gasteiger partial charge in [0.1, 0.15) is 17.0 Å². The highest BCUT2D eigenvalue weighted by molar-refractivity contribution is 6.34. The van der Waals surface area contributed by atoms with Crippen LogP contribution in [-0.2, 0) is 14.3 Å². The maximum Gasteiger partial charge on any atom is 0.344 e. The SMILES string of the molecule is COc1ccc(N2C(=O)NC(=C(C(=O)OC(C)C)C(=O)c3ccccc3)C2=O)cc1. The van der Waals surface area contributed by atoms with Crippen LogP contribution >= 0.6 is 0 Å². The van der Waals surface area contributed by atoms with Gasteiger partial charge in [-0.15, -0.1) is 0 Å². The lowest BCUT2D eigenvalue weighted by Gasteiger charge is -2.13. The number of methoxy groups -OCH3 is 1. The number of anilines is 1. The molecule has 0 saturated carbocycles. The quantitative estimate of drug-likeness (QED) is 0.197. The number of rotatable bonds is 6. The van der Waals surface area contributed by atoms with Gasteiger partial charge in [0.05, 0.1) is 18.9 Å². The number of Topliss-reactive ketones (excluding diaryl/α,β-unsaturated/α-hetero) is 1. The van der Waals surface area contributed by atoms with E-state index in [0.29, 0.717) is 5.75 Å². The molecule has 2 aromatic carbocycles. The Kier molecular flexibility index (Phi) is 5.96. The van der Waals surface area contributed by atoms with E-state index in [-0.39, 0.29) is 11.3 Å². The molecule has 8 nitrogen and oxygen atoms in total. The average molecular weight is 408 g/mol. The van der Waals surface area contributed by atoms with E-state index < -0.39 is 41.1 Å². The van der Waals surface area contributed by atoms with Crippen LogP contribution in [0, 0.1) is 0 Å². The summed E-state index contributed by atoms with van der Waals surface area (Å²) in [7, 11) is 1.49. The number of ether oxygens (including phenoxy) is 2. The summed E-state index contributed by atoms with van der Waals surface area (Å²) in [5.74, 6) is -1.99. The third-order valence-corrected chi connectivity index (χ3v) is 4.24. The normalized spacial score (nSPS) is 15.1. The fourth-order valence-electron chi connectivity index (χ4n) is 2.87. The molecule has 154 valence electrons. The minimum atomic E-state index is -0.987. The van der Waals surface area contributed by atoms with Crippen LogP contribution in [0.1, 0.15) is 24.2 Å². The molecule has 1 aliphatic rings. The lowest BCUT2D eigenvalue weighted by atomic mass is 10.0. The number of amides is 3. The summed E-state index contributed by atoms with van der Waals surface area (Å²) in [4.78, 5) is 52.1. The number of hydrogen-bond acceptors (Lipinski definition) is 6. The van der Waals surface area contributed by atoms with E-state index in [2.05, 4.69) is 5.32 Å². The van der Waals surface area contributed by atoms with Crippen molar-refractivity contribution in [3.63, 3.8) is 0 Å². The number of nitrogens with zero attached hydrogens (tertiary/aromatic N) is 1. The first-order chi connectivity index (χ1) is 14.3. The lowest BCUT2D eigenvalue weighted by Crippen LogP contribution is -2.30. The van der Waals surface area contributed by atoms with E-state index in [0.717, 1.165) is 4.90 Å². The number of urea groups is 1. The predicted molar refractivity (Wildman–Crippen MR) is 108 cm³/mol. The minimum absolute atomic E-state index is 0.186. The first-order valence-corrected chi connectivity index (χ1v) is 9.18. The van der Waals surface area contributed by atoms with Crippen LogP contribution in [-0.4, -0.2) is 36.9 Å². The highest BCUT2D eigenvalue weighted by Gasteiger charge is 2.41. The molecule has 0 aromatic heterocycles. The number of esters is 1. The summed E-state index contributed by atoms with van der Waals surface area (Å²) >= 11 is 0. The molecule has 1 heterocycles. The molecule has 2 aromatic rings. The van der Waals surface area contributed by atoms with Crippen molar-refractivity contribution in [3.05, 3.63) is 71.4 Å². The van der Waals surface area contributed by atoms with E-state index in [9.17, 15) is 19.2 Å². The van der Waals surface area contributed by atoms with Gasteiger partial charge in [0.2, 0.25) is 5.78 Å². The molecule has 1 aliphatic heterocycles. The molecule has 1 N–H and O–H groups in total. The van der Waals surface area contributed by atoms with Crippen molar-refractivity contribution < 1.29 is 28.7 Å². The van der Waals surface area contributed by atoms with Crippen molar-refractivity contribution in [2.45, 2.75) is 20.0 Å². The van der Waals surface area contributed by atoms with Crippen LogP contribution in [0.25, 0.3) is 0 Å². The molecule has 8 heteroatoms. The van der Waals surface area contributed by atoms with Crippen LogP contribution in [0.4, 0.5) is 10.5 Å². The molecular formula is C22H20N2O6. The zero-order valence-corrected chi connectivity index (χ0v) is 16.7. The van der Waals surface area contributed by atoms with E-state index in [4.69, 9.17) is 9.47 Å². The van der Waals surface area contributed by atoms with Crippen molar-refractivity contribution in [2.24, 2.45) is 0 Å². The predicted octanol–water partition coefficient (Wildman–Crippen LogP) is 2.84. The number of carbonyl (C=O) groups excluding carboxylic acids is 4. The van der Waals surface area contributed by atoms with Gasteiger partial charge in [0.25, 0.3) is 5.91 Å². The van der Waals surface area contributed by atoms with Gasteiger partial charge in [-0.25, -0.2) is 14.5 Å². The van der Waals surface area contributed by atoms with Gasteiger partial charge in [-0.3, -0.25) is 9.59 Å². The Bertz CT molecular complexity index is 1030. The Morgan fingerprint density at radius 1 is 0.967 bits per heavy atom. The second-order valence-electron chi connectivity index (χ2n) is 6.67. The van der Waals surface area contributed by atoms with Crippen molar-refractivity contribution in [1.82, 2.24) is 5.32 Å². The van der Waals surface area contributed by atoms with E-state index in [1.807, 2.05) is 0 Å². The van der Waals surface area contributed by atoms with Crippen LogP contribution in [0.2, 0.25) is 0 Å². The minimum Gasteiger partial charge on any atom is -0.497 e. The fourth-order valence-corrected chi connectivity index (χ4v) is 2.87. The van der Waals surface area contributed by atoms with E-state index in [1.54, 1.807) is 44.2 Å². The molecule has 0 bridgehead atoms. The zero-order valence-electron chi connectivity index (χ0n) is 16.7. The third-order valence-electron chi connectivity index (χ3n) is 4.24. The molecule has 3 rings (SSSR count). The van der Waals surface area contributed by atoms with Crippen LogP contribution in [0.15, 0.2) is 65.9 Å². The number of ketones is 1. The first-order valence-electron chi connectivity index (χ1n) is 9.18. The Morgan fingerprint density at radius 2 is 1.60 bits per heavy atom. The number of nitrogens with one attached hydrogen (secondary N) is 1. The molecule has 30 heavy (non-hydrogen) atoms. The Balaban J connectivity index is 2.07. The zero-order chi connectivity index (χ0) is 21.8. The van der Waals surface area contributed by atoms with Gasteiger partial charge in [-0.05, 0) is 38.1 Å². The van der Waals surface area contributed by atoms with Crippen LogP contribution in [0.3, 0.4) is 0 Å². The van der Waals surface area contributed by atoms with Crippen LogP contribution in [0.5, 0.6) is 5.75 Å². The molecule has 0 atom stereocenters. The fraction of sp³-hybridized carbons (Fsp3) is 0.182. The lowest BCUT2D eigenvalue weighted by molar-refractivity contribution is -0.142. The molecule has 0 spiro atoms. The number of hydrogen-bond donors (Lipinski definition) is 1. The molecular weight excluding hydrogens is 388 g/mol. The highest BCUT2D eigenvalue weighted by Crippen LogP contribution is 2.26. The molecule has 0 unspecified atom stereocenters. The van der Waals surface area contributed by atoms with Gasteiger partial charge in [0.15, 0.2) is 0 Å². The number of carbonyl (C=O) groups is 4. The second-order valence-corrected chi connectivity index (χ2v) is 6.67. The summed E-state index contributed by atoms with van der Waals surface area (Å²) < 4.78 is 10.2. The molecule has 0 radical (unpaired) electrons. The van der Waals surface area contributed by atoms with Crippen LogP contribution < -0.4 is 15.0 Å². The number of benzene rings is 2. The van der Waals surface area contributed by atoms with Crippen molar-refractivity contribution in [2.75, 3.05) is 12.0 Å². The van der Waals surface area contributed by atoms with Gasteiger partial charge in [0, 0.05) is 5.56 Å². The summed E-state index contributed by atoms with van der Waals surface area (Å²) in [5.41, 5.74) is -0.498. The largest absolute Gasteiger partial charge is 0.497 e. The topological polar surface area (TPSA) is 102 Å². The maximum atomic E-state index is 13.0. The monoisotopic (exact) mass is 408 g/mol. The first kappa shape index (κ1) is 20.8. The molecule has 1 saturated heterocycles. The van der Waals surface area contributed by atoms with Crippen molar-refractivity contribution in [1.29, 1.82) is 0 Å².